The first kappa shape index (κ1) is 16.8. The average Bonchev–Trinajstić information content (AvgIpc) is 2.50. The Morgan fingerprint density at radius 3 is 2.45 bits per heavy atom. The molecule has 0 aliphatic rings. The van der Waals surface area contributed by atoms with E-state index in [1.54, 1.807) is 14.2 Å². The molecule has 0 amide bonds. The van der Waals surface area contributed by atoms with E-state index in [2.05, 4.69) is 18.4 Å². The highest BCUT2D eigenvalue weighted by Crippen LogP contribution is 2.28. The number of rotatable bonds is 10. The molecule has 0 saturated carbocycles. The zero-order chi connectivity index (χ0) is 14.8. The Morgan fingerprint density at radius 2 is 1.85 bits per heavy atom. The van der Waals surface area contributed by atoms with Crippen LogP contribution in [-0.4, -0.2) is 20.3 Å². The number of unbranched alkanes of at least 4 members (excludes halogenated alkanes) is 3. The van der Waals surface area contributed by atoms with E-state index in [0.29, 0.717) is 6.04 Å². The highest BCUT2D eigenvalue weighted by molar-refractivity contribution is 5.43. The summed E-state index contributed by atoms with van der Waals surface area (Å²) in [5, 5.41) is 0. The molecule has 3 N–H and O–H groups in total. The van der Waals surface area contributed by atoms with Crippen molar-refractivity contribution in [3.63, 3.8) is 0 Å². The maximum Gasteiger partial charge on any atom is 0.160 e. The summed E-state index contributed by atoms with van der Waals surface area (Å²) in [6, 6.07) is 6.34. The standard InChI is InChI=1S/C16H28N2O2/c1-4-5-6-7-8-14(18-17)11-13-9-10-15(19-2)16(12-13)20-3/h9-10,12,14,18H,4-8,11,17H2,1-3H3. The van der Waals surface area contributed by atoms with Crippen LogP contribution in [0.1, 0.15) is 44.6 Å². The Kier molecular flexibility index (Phi) is 8.07. The van der Waals surface area contributed by atoms with Gasteiger partial charge in [0, 0.05) is 6.04 Å². The molecule has 4 heteroatoms. The predicted octanol–water partition coefficient (Wildman–Crippen LogP) is 3.05. The molecular weight excluding hydrogens is 252 g/mol. The summed E-state index contributed by atoms with van der Waals surface area (Å²) in [4.78, 5) is 0. The summed E-state index contributed by atoms with van der Waals surface area (Å²) in [7, 11) is 3.31. The van der Waals surface area contributed by atoms with E-state index in [9.17, 15) is 0 Å². The molecule has 1 unspecified atom stereocenters. The number of hydrogen-bond acceptors (Lipinski definition) is 4. The minimum Gasteiger partial charge on any atom is -0.493 e. The highest BCUT2D eigenvalue weighted by Gasteiger charge is 2.10. The van der Waals surface area contributed by atoms with Crippen molar-refractivity contribution in [3.8, 4) is 11.5 Å². The SMILES string of the molecule is CCCCCCC(Cc1ccc(OC)c(OC)c1)NN. The van der Waals surface area contributed by atoms with E-state index in [1.165, 1.54) is 31.2 Å². The van der Waals surface area contributed by atoms with Crippen LogP contribution in [0.15, 0.2) is 18.2 Å². The lowest BCUT2D eigenvalue weighted by Gasteiger charge is -2.17. The van der Waals surface area contributed by atoms with Crippen molar-refractivity contribution < 1.29 is 9.47 Å². The normalized spacial score (nSPS) is 12.2. The lowest BCUT2D eigenvalue weighted by atomic mass is 10.00. The highest BCUT2D eigenvalue weighted by atomic mass is 16.5. The molecule has 0 fully saturated rings. The molecule has 4 nitrogen and oxygen atoms in total. The molecule has 0 aromatic heterocycles. The number of hydrazine groups is 1. The van der Waals surface area contributed by atoms with E-state index in [0.717, 1.165) is 24.3 Å². The van der Waals surface area contributed by atoms with E-state index >= 15 is 0 Å². The summed E-state index contributed by atoms with van der Waals surface area (Å²) in [6.45, 7) is 2.22. The first-order chi connectivity index (χ1) is 9.74. The molecule has 0 heterocycles. The summed E-state index contributed by atoms with van der Waals surface area (Å²) in [5.74, 6) is 7.19. The van der Waals surface area contributed by atoms with Gasteiger partial charge >= 0.3 is 0 Å². The zero-order valence-corrected chi connectivity index (χ0v) is 12.9. The molecule has 1 aromatic rings. The van der Waals surface area contributed by atoms with Gasteiger partial charge in [-0.15, -0.1) is 0 Å². The van der Waals surface area contributed by atoms with Gasteiger partial charge in [0.2, 0.25) is 0 Å². The van der Waals surface area contributed by atoms with Crippen molar-refractivity contribution in [1.82, 2.24) is 5.43 Å². The van der Waals surface area contributed by atoms with Gasteiger partial charge in [0.1, 0.15) is 0 Å². The third kappa shape index (κ3) is 5.39. The molecule has 0 aliphatic carbocycles. The van der Waals surface area contributed by atoms with Gasteiger partial charge in [-0.05, 0) is 30.5 Å². The molecule has 0 radical (unpaired) electrons. The van der Waals surface area contributed by atoms with Crippen molar-refractivity contribution in [2.24, 2.45) is 5.84 Å². The van der Waals surface area contributed by atoms with E-state index in [4.69, 9.17) is 15.3 Å². The molecule has 114 valence electrons. The molecule has 20 heavy (non-hydrogen) atoms. The van der Waals surface area contributed by atoms with Crippen molar-refractivity contribution in [2.45, 2.75) is 51.5 Å². The van der Waals surface area contributed by atoms with Crippen LogP contribution >= 0.6 is 0 Å². The summed E-state index contributed by atoms with van der Waals surface area (Å²) in [6.07, 6.45) is 7.06. The maximum atomic E-state index is 5.66. The van der Waals surface area contributed by atoms with E-state index in [1.807, 2.05) is 12.1 Å². The monoisotopic (exact) mass is 280 g/mol. The second kappa shape index (κ2) is 9.61. The molecule has 1 aromatic carbocycles. The summed E-state index contributed by atoms with van der Waals surface area (Å²) in [5.41, 5.74) is 4.13. The topological polar surface area (TPSA) is 56.5 Å². The largest absolute Gasteiger partial charge is 0.493 e. The smallest absolute Gasteiger partial charge is 0.160 e. The Labute approximate surface area is 122 Å². The van der Waals surface area contributed by atoms with E-state index in [-0.39, 0.29) is 0 Å². The van der Waals surface area contributed by atoms with Gasteiger partial charge in [0.15, 0.2) is 11.5 Å². The minimum atomic E-state index is 0.310. The number of nitrogens with two attached hydrogens (primary N) is 1. The number of hydrogen-bond donors (Lipinski definition) is 2. The number of ether oxygens (including phenoxy) is 2. The van der Waals surface area contributed by atoms with Crippen LogP contribution in [0.2, 0.25) is 0 Å². The van der Waals surface area contributed by atoms with Crippen molar-refractivity contribution in [3.05, 3.63) is 23.8 Å². The summed E-state index contributed by atoms with van der Waals surface area (Å²) >= 11 is 0. The fraction of sp³-hybridized carbons (Fsp3) is 0.625. The third-order valence-corrected chi connectivity index (χ3v) is 3.57. The first-order valence-corrected chi connectivity index (χ1v) is 7.42. The molecule has 0 bridgehead atoms. The van der Waals surface area contributed by atoms with Gasteiger partial charge in [0.25, 0.3) is 0 Å². The number of methoxy groups -OCH3 is 2. The number of nitrogens with one attached hydrogen (secondary N) is 1. The van der Waals surface area contributed by atoms with Crippen LogP contribution in [0.5, 0.6) is 11.5 Å². The average molecular weight is 280 g/mol. The second-order valence-corrected chi connectivity index (χ2v) is 5.11. The van der Waals surface area contributed by atoms with Crippen LogP contribution in [-0.2, 0) is 6.42 Å². The van der Waals surface area contributed by atoms with Crippen molar-refractivity contribution in [1.29, 1.82) is 0 Å². The first-order valence-electron chi connectivity index (χ1n) is 7.42. The van der Waals surface area contributed by atoms with Crippen LogP contribution < -0.4 is 20.7 Å². The van der Waals surface area contributed by atoms with Crippen molar-refractivity contribution in [2.75, 3.05) is 14.2 Å². The Hall–Kier alpha value is -1.26. The molecule has 0 spiro atoms. The predicted molar refractivity (Wildman–Crippen MR) is 83.1 cm³/mol. The molecule has 0 aliphatic heterocycles. The fourth-order valence-electron chi connectivity index (χ4n) is 2.35. The van der Waals surface area contributed by atoms with Crippen LogP contribution in [0.3, 0.4) is 0 Å². The number of benzene rings is 1. The molecule has 1 rings (SSSR count). The summed E-state index contributed by atoms with van der Waals surface area (Å²) < 4.78 is 10.6. The Balaban J connectivity index is 2.56. The van der Waals surface area contributed by atoms with Gasteiger partial charge in [-0.25, -0.2) is 0 Å². The van der Waals surface area contributed by atoms with Gasteiger partial charge in [-0.1, -0.05) is 38.7 Å². The Morgan fingerprint density at radius 1 is 1.10 bits per heavy atom. The van der Waals surface area contributed by atoms with Crippen LogP contribution in [0.25, 0.3) is 0 Å². The van der Waals surface area contributed by atoms with Crippen LogP contribution in [0.4, 0.5) is 0 Å². The van der Waals surface area contributed by atoms with Gasteiger partial charge in [0.05, 0.1) is 14.2 Å². The van der Waals surface area contributed by atoms with Crippen molar-refractivity contribution >= 4 is 0 Å². The van der Waals surface area contributed by atoms with Gasteiger partial charge in [-0.2, -0.15) is 0 Å². The van der Waals surface area contributed by atoms with Gasteiger partial charge in [-0.3, -0.25) is 11.3 Å². The fourth-order valence-corrected chi connectivity index (χ4v) is 2.35. The second-order valence-electron chi connectivity index (χ2n) is 5.11. The zero-order valence-electron chi connectivity index (χ0n) is 12.9. The maximum absolute atomic E-state index is 5.66. The van der Waals surface area contributed by atoms with Gasteiger partial charge < -0.3 is 9.47 Å². The lowest BCUT2D eigenvalue weighted by Crippen LogP contribution is -2.36. The molecule has 0 saturated heterocycles. The molecular formula is C16H28N2O2. The third-order valence-electron chi connectivity index (χ3n) is 3.57. The van der Waals surface area contributed by atoms with Crippen LogP contribution in [0, 0.1) is 0 Å². The molecule has 1 atom stereocenters. The van der Waals surface area contributed by atoms with E-state index < -0.39 is 0 Å². The Bertz CT molecular complexity index is 383. The minimum absolute atomic E-state index is 0.310. The lowest BCUT2D eigenvalue weighted by molar-refractivity contribution is 0.354. The quantitative estimate of drug-likeness (QED) is 0.393.